The number of aromatic nitrogens is 2. The molecule has 0 aliphatic carbocycles. The van der Waals surface area contributed by atoms with E-state index < -0.39 is 0 Å². The Hall–Kier alpha value is -2.82. The average Bonchev–Trinajstić information content (AvgIpc) is 3.06. The van der Waals surface area contributed by atoms with Crippen molar-refractivity contribution in [2.75, 3.05) is 11.9 Å². The van der Waals surface area contributed by atoms with E-state index in [1.807, 2.05) is 44.3 Å². The number of aromatic amines is 1. The zero-order valence-corrected chi connectivity index (χ0v) is 15.5. The number of amides is 1. The van der Waals surface area contributed by atoms with Crippen LogP contribution < -0.4 is 4.90 Å². The van der Waals surface area contributed by atoms with Gasteiger partial charge in [-0.2, -0.15) is 5.10 Å². The van der Waals surface area contributed by atoms with Gasteiger partial charge in [0.15, 0.2) is 0 Å². The Morgan fingerprint density at radius 2 is 2.00 bits per heavy atom. The van der Waals surface area contributed by atoms with Crippen LogP contribution in [0.1, 0.15) is 30.9 Å². The van der Waals surface area contributed by atoms with E-state index in [1.165, 1.54) is 5.56 Å². The minimum absolute atomic E-state index is 0.107. The molecule has 0 spiro atoms. The lowest BCUT2D eigenvalue weighted by molar-refractivity contribution is -0.119. The molecule has 136 valence electrons. The molecule has 0 aliphatic heterocycles. The molecular weight excluding hydrogens is 326 g/mol. The molecule has 0 fully saturated rings. The molecule has 3 aromatic rings. The number of nitrogens with one attached hydrogen (secondary N) is 1. The van der Waals surface area contributed by atoms with Crippen LogP contribution in [0.25, 0.3) is 10.9 Å². The fourth-order valence-electron chi connectivity index (χ4n) is 3.08. The largest absolute Gasteiger partial charge is 0.508 e. The van der Waals surface area contributed by atoms with Gasteiger partial charge in [-0.15, -0.1) is 0 Å². The number of hydrogen-bond donors (Lipinski definition) is 2. The van der Waals surface area contributed by atoms with Crippen LogP contribution in [0.2, 0.25) is 0 Å². The Kier molecular flexibility index (Phi) is 5.26. The number of anilines is 1. The molecule has 1 aromatic heterocycles. The van der Waals surface area contributed by atoms with Gasteiger partial charge >= 0.3 is 0 Å². The predicted octanol–water partition coefficient (Wildman–Crippen LogP) is 4.20. The van der Waals surface area contributed by atoms with E-state index in [2.05, 4.69) is 17.1 Å². The molecule has 26 heavy (non-hydrogen) atoms. The lowest BCUT2D eigenvalue weighted by Crippen LogP contribution is -2.27. The lowest BCUT2D eigenvalue weighted by Gasteiger charge is -2.20. The van der Waals surface area contributed by atoms with Crippen LogP contribution in [-0.2, 0) is 11.2 Å². The third-order valence-corrected chi connectivity index (χ3v) is 4.86. The molecule has 0 saturated heterocycles. The second-order valence-electron chi connectivity index (χ2n) is 7.07. The number of aromatic hydroxyl groups is 1. The van der Waals surface area contributed by atoms with Crippen molar-refractivity contribution in [2.45, 2.75) is 33.1 Å². The summed E-state index contributed by atoms with van der Waals surface area (Å²) in [6, 6.07) is 11.6. The molecule has 0 aliphatic rings. The number of carbonyl (C=O) groups is 1. The number of phenols is 1. The summed E-state index contributed by atoms with van der Waals surface area (Å²) in [5.41, 5.74) is 3.81. The molecule has 0 bridgehead atoms. The van der Waals surface area contributed by atoms with Crippen molar-refractivity contribution >= 4 is 22.5 Å². The summed E-state index contributed by atoms with van der Waals surface area (Å²) in [7, 11) is 1.82. The van der Waals surface area contributed by atoms with Crippen molar-refractivity contribution < 1.29 is 9.90 Å². The minimum atomic E-state index is 0.107. The second kappa shape index (κ2) is 7.60. The summed E-state index contributed by atoms with van der Waals surface area (Å²) in [6.45, 7) is 4.11. The smallest absolute Gasteiger partial charge is 0.226 e. The minimum Gasteiger partial charge on any atom is -0.508 e. The van der Waals surface area contributed by atoms with E-state index in [9.17, 15) is 9.90 Å². The quantitative estimate of drug-likeness (QED) is 0.699. The molecule has 3 rings (SSSR count). The van der Waals surface area contributed by atoms with Crippen molar-refractivity contribution in [1.29, 1.82) is 0 Å². The zero-order valence-electron chi connectivity index (χ0n) is 15.5. The molecule has 1 heterocycles. The third-order valence-electron chi connectivity index (χ3n) is 4.86. The number of rotatable bonds is 6. The van der Waals surface area contributed by atoms with Crippen molar-refractivity contribution in [3.8, 4) is 5.75 Å². The Labute approximate surface area is 153 Å². The predicted molar refractivity (Wildman–Crippen MR) is 104 cm³/mol. The molecule has 0 saturated carbocycles. The van der Waals surface area contributed by atoms with Crippen LogP contribution in [-0.4, -0.2) is 28.3 Å². The van der Waals surface area contributed by atoms with Crippen LogP contribution in [0.3, 0.4) is 0 Å². The number of phenolic OH excluding ortho intramolecular Hbond substituents is 1. The number of aryl methyl sites for hydroxylation is 2. The van der Waals surface area contributed by atoms with Crippen LogP contribution in [0.4, 0.5) is 5.69 Å². The summed E-state index contributed by atoms with van der Waals surface area (Å²) in [4.78, 5) is 14.2. The molecular formula is C21H25N3O2. The number of hydrogen-bond acceptors (Lipinski definition) is 3. The first-order valence-electron chi connectivity index (χ1n) is 8.92. The van der Waals surface area contributed by atoms with Crippen molar-refractivity contribution in [2.24, 2.45) is 5.92 Å². The van der Waals surface area contributed by atoms with Gasteiger partial charge in [0.25, 0.3) is 0 Å². The lowest BCUT2D eigenvalue weighted by atomic mass is 9.96. The van der Waals surface area contributed by atoms with Crippen LogP contribution in [0.5, 0.6) is 5.75 Å². The highest BCUT2D eigenvalue weighted by Crippen LogP contribution is 2.26. The maximum atomic E-state index is 12.5. The molecule has 1 amide bonds. The topological polar surface area (TPSA) is 69.2 Å². The number of fused-ring (bicyclic) bond motifs is 1. The highest BCUT2D eigenvalue weighted by molar-refractivity contribution is 5.92. The standard InChI is InChI=1S/C21H25N3O2/c1-14-5-8-18(9-6-14)24(3)21(26)10-15(2)4-7-16-11-17-13-22-23-19(17)12-20(16)25/h5-6,8-9,11-13,15,25H,4,7,10H2,1-3H3,(H,22,23). The summed E-state index contributed by atoms with van der Waals surface area (Å²) < 4.78 is 0. The Morgan fingerprint density at radius 3 is 2.73 bits per heavy atom. The Morgan fingerprint density at radius 1 is 1.27 bits per heavy atom. The van der Waals surface area contributed by atoms with Crippen molar-refractivity contribution in [3.05, 3.63) is 53.7 Å². The van der Waals surface area contributed by atoms with E-state index in [4.69, 9.17) is 0 Å². The number of carbonyl (C=O) groups excluding carboxylic acids is 1. The van der Waals surface area contributed by atoms with E-state index in [0.29, 0.717) is 6.42 Å². The Bertz CT molecular complexity index is 899. The molecule has 0 radical (unpaired) electrons. The van der Waals surface area contributed by atoms with E-state index in [0.717, 1.165) is 35.0 Å². The van der Waals surface area contributed by atoms with Crippen LogP contribution >= 0.6 is 0 Å². The van der Waals surface area contributed by atoms with Gasteiger partial charge in [0.1, 0.15) is 5.75 Å². The van der Waals surface area contributed by atoms with E-state index in [-0.39, 0.29) is 17.6 Å². The summed E-state index contributed by atoms with van der Waals surface area (Å²) in [5, 5.41) is 18.0. The van der Waals surface area contributed by atoms with Gasteiger partial charge in [0, 0.05) is 30.6 Å². The highest BCUT2D eigenvalue weighted by atomic mass is 16.3. The molecule has 5 heteroatoms. The maximum Gasteiger partial charge on any atom is 0.226 e. The molecule has 2 N–H and O–H groups in total. The summed E-state index contributed by atoms with van der Waals surface area (Å²) in [5.74, 6) is 0.614. The number of H-pyrrole nitrogens is 1. The molecule has 1 unspecified atom stereocenters. The van der Waals surface area contributed by atoms with E-state index in [1.54, 1.807) is 17.2 Å². The maximum absolute atomic E-state index is 12.5. The first-order chi connectivity index (χ1) is 12.4. The fraction of sp³-hybridized carbons (Fsp3) is 0.333. The van der Waals surface area contributed by atoms with Crippen LogP contribution in [0.15, 0.2) is 42.6 Å². The average molecular weight is 351 g/mol. The van der Waals surface area contributed by atoms with Gasteiger partial charge in [0.05, 0.1) is 11.7 Å². The second-order valence-corrected chi connectivity index (χ2v) is 7.07. The SMILES string of the molecule is Cc1ccc(N(C)C(=O)CC(C)CCc2cc3cn[nH]c3cc2O)cc1. The normalized spacial score (nSPS) is 12.3. The van der Waals surface area contributed by atoms with E-state index >= 15 is 0 Å². The number of nitrogens with zero attached hydrogens (tertiary/aromatic N) is 2. The number of benzene rings is 2. The fourth-order valence-corrected chi connectivity index (χ4v) is 3.08. The molecule has 5 nitrogen and oxygen atoms in total. The first kappa shape index (κ1) is 18.0. The van der Waals surface area contributed by atoms with Gasteiger partial charge in [0.2, 0.25) is 5.91 Å². The Balaban J connectivity index is 1.57. The summed E-state index contributed by atoms with van der Waals surface area (Å²) >= 11 is 0. The van der Waals surface area contributed by atoms with Gasteiger partial charge in [-0.1, -0.05) is 24.6 Å². The van der Waals surface area contributed by atoms with Gasteiger partial charge in [-0.05, 0) is 49.4 Å². The monoisotopic (exact) mass is 351 g/mol. The highest BCUT2D eigenvalue weighted by Gasteiger charge is 2.16. The first-order valence-corrected chi connectivity index (χ1v) is 8.92. The zero-order chi connectivity index (χ0) is 18.7. The summed E-state index contributed by atoms with van der Waals surface area (Å²) in [6.07, 6.45) is 3.81. The van der Waals surface area contributed by atoms with Crippen LogP contribution in [0, 0.1) is 12.8 Å². The van der Waals surface area contributed by atoms with Gasteiger partial charge in [-0.25, -0.2) is 0 Å². The third kappa shape index (κ3) is 4.04. The molecule has 1 atom stereocenters. The molecule has 2 aromatic carbocycles. The van der Waals surface area contributed by atoms with Crippen molar-refractivity contribution in [1.82, 2.24) is 10.2 Å². The van der Waals surface area contributed by atoms with Gasteiger partial charge in [-0.3, -0.25) is 9.89 Å². The van der Waals surface area contributed by atoms with Crippen molar-refractivity contribution in [3.63, 3.8) is 0 Å². The van der Waals surface area contributed by atoms with Gasteiger partial charge < -0.3 is 10.0 Å².